The summed E-state index contributed by atoms with van der Waals surface area (Å²) in [6, 6.07) is 11.0. The van der Waals surface area contributed by atoms with Crippen molar-refractivity contribution in [2.24, 2.45) is 0 Å². The quantitative estimate of drug-likeness (QED) is 0.881. The average molecular weight is 258 g/mol. The average Bonchev–Trinajstić information content (AvgIpc) is 2.27. The molecule has 0 amide bonds. The molecule has 1 nitrogen and oxygen atoms in total. The number of benzene rings is 2. The molecule has 100 valence electrons. The van der Waals surface area contributed by atoms with Crippen LogP contribution in [0.2, 0.25) is 0 Å². The van der Waals surface area contributed by atoms with Gasteiger partial charge in [0.25, 0.3) is 0 Å². The number of hydrogen-bond donors (Lipinski definition) is 1. The number of rotatable bonds is 3. The van der Waals surface area contributed by atoms with Crippen LogP contribution < -0.4 is 0 Å². The maximum absolute atomic E-state index is 13.3. The number of aryl methyl sites for hydroxylation is 3. The molecule has 2 heteroatoms. The Kier molecular flexibility index (Phi) is 4.01. The van der Waals surface area contributed by atoms with Gasteiger partial charge in [-0.05, 0) is 55.2 Å². The lowest BCUT2D eigenvalue weighted by atomic mass is 9.93. The van der Waals surface area contributed by atoms with E-state index in [1.165, 1.54) is 17.7 Å². The third-order valence-electron chi connectivity index (χ3n) is 3.40. The first-order valence-corrected chi connectivity index (χ1v) is 6.47. The van der Waals surface area contributed by atoms with E-state index < -0.39 is 6.10 Å². The van der Waals surface area contributed by atoms with Crippen molar-refractivity contribution in [2.45, 2.75) is 33.3 Å². The van der Waals surface area contributed by atoms with Crippen LogP contribution in [0.15, 0.2) is 36.4 Å². The maximum Gasteiger partial charge on any atom is 0.123 e. The van der Waals surface area contributed by atoms with E-state index in [4.69, 9.17) is 0 Å². The first-order chi connectivity index (χ1) is 8.97. The van der Waals surface area contributed by atoms with Gasteiger partial charge >= 0.3 is 0 Å². The highest BCUT2D eigenvalue weighted by atomic mass is 19.1. The highest BCUT2D eigenvalue weighted by Crippen LogP contribution is 2.26. The van der Waals surface area contributed by atoms with Gasteiger partial charge in [0.1, 0.15) is 5.82 Å². The molecular weight excluding hydrogens is 239 g/mol. The lowest BCUT2D eigenvalue weighted by Gasteiger charge is -2.17. The molecule has 0 spiro atoms. The SMILES string of the molecule is Cc1cccc(CC(O)c2c(C)cc(F)cc2C)c1. The molecule has 1 N–H and O–H groups in total. The summed E-state index contributed by atoms with van der Waals surface area (Å²) < 4.78 is 13.3. The number of aliphatic hydroxyl groups is 1. The Bertz CT molecular complexity index is 567. The topological polar surface area (TPSA) is 20.2 Å². The van der Waals surface area contributed by atoms with Gasteiger partial charge in [-0.1, -0.05) is 29.8 Å². The molecule has 1 atom stereocenters. The van der Waals surface area contributed by atoms with Crippen molar-refractivity contribution >= 4 is 0 Å². The fourth-order valence-corrected chi connectivity index (χ4v) is 2.61. The molecule has 0 saturated carbocycles. The second-order valence-electron chi connectivity index (χ2n) is 5.16. The smallest absolute Gasteiger partial charge is 0.123 e. The molecule has 2 aromatic carbocycles. The van der Waals surface area contributed by atoms with Gasteiger partial charge in [0.05, 0.1) is 6.10 Å². The first kappa shape index (κ1) is 13.8. The summed E-state index contributed by atoms with van der Waals surface area (Å²) >= 11 is 0. The van der Waals surface area contributed by atoms with E-state index in [0.29, 0.717) is 6.42 Å². The van der Waals surface area contributed by atoms with Gasteiger partial charge in [-0.3, -0.25) is 0 Å². The molecule has 0 bridgehead atoms. The van der Waals surface area contributed by atoms with Crippen molar-refractivity contribution in [2.75, 3.05) is 0 Å². The molecule has 0 aromatic heterocycles. The molecule has 0 radical (unpaired) electrons. The molecule has 0 saturated heterocycles. The molecule has 0 aliphatic heterocycles. The lowest BCUT2D eigenvalue weighted by molar-refractivity contribution is 0.177. The van der Waals surface area contributed by atoms with Crippen LogP contribution in [0.5, 0.6) is 0 Å². The van der Waals surface area contributed by atoms with E-state index in [9.17, 15) is 9.50 Å². The van der Waals surface area contributed by atoms with Crippen molar-refractivity contribution in [1.29, 1.82) is 0 Å². The van der Waals surface area contributed by atoms with E-state index in [1.54, 1.807) is 0 Å². The predicted molar refractivity (Wildman–Crippen MR) is 75.7 cm³/mol. The van der Waals surface area contributed by atoms with Crippen LogP contribution in [0.25, 0.3) is 0 Å². The van der Waals surface area contributed by atoms with Crippen LogP contribution in [0.3, 0.4) is 0 Å². The van der Waals surface area contributed by atoms with E-state index in [2.05, 4.69) is 6.07 Å². The summed E-state index contributed by atoms with van der Waals surface area (Å²) in [5.41, 5.74) is 4.71. The zero-order chi connectivity index (χ0) is 14.0. The van der Waals surface area contributed by atoms with E-state index in [-0.39, 0.29) is 5.82 Å². The van der Waals surface area contributed by atoms with E-state index in [0.717, 1.165) is 22.3 Å². The normalized spacial score (nSPS) is 12.5. The minimum atomic E-state index is -0.595. The van der Waals surface area contributed by atoms with E-state index >= 15 is 0 Å². The molecule has 1 unspecified atom stereocenters. The Hall–Kier alpha value is -1.67. The maximum atomic E-state index is 13.3. The first-order valence-electron chi connectivity index (χ1n) is 6.47. The van der Waals surface area contributed by atoms with Crippen LogP contribution in [0.1, 0.15) is 33.9 Å². The molecule has 0 aliphatic carbocycles. The van der Waals surface area contributed by atoms with Gasteiger partial charge in [-0.25, -0.2) is 4.39 Å². The van der Waals surface area contributed by atoms with Gasteiger partial charge in [0.15, 0.2) is 0 Å². The highest BCUT2D eigenvalue weighted by molar-refractivity contribution is 5.37. The van der Waals surface area contributed by atoms with Crippen molar-refractivity contribution < 1.29 is 9.50 Å². The molecule has 0 aliphatic rings. The fraction of sp³-hybridized carbons (Fsp3) is 0.294. The van der Waals surface area contributed by atoms with Crippen molar-refractivity contribution in [1.82, 2.24) is 0 Å². The van der Waals surface area contributed by atoms with Gasteiger partial charge in [0.2, 0.25) is 0 Å². The minimum absolute atomic E-state index is 0.249. The second-order valence-corrected chi connectivity index (χ2v) is 5.16. The third-order valence-corrected chi connectivity index (χ3v) is 3.40. The van der Waals surface area contributed by atoms with Crippen molar-refractivity contribution in [3.05, 3.63) is 70.0 Å². The summed E-state index contributed by atoms with van der Waals surface area (Å²) in [7, 11) is 0. The molecule has 2 aromatic rings. The largest absolute Gasteiger partial charge is 0.388 e. The van der Waals surface area contributed by atoms with Crippen molar-refractivity contribution in [3.63, 3.8) is 0 Å². The molecule has 0 heterocycles. The summed E-state index contributed by atoms with van der Waals surface area (Å²) in [5, 5.41) is 10.4. The van der Waals surface area contributed by atoms with Crippen molar-refractivity contribution in [3.8, 4) is 0 Å². The van der Waals surface area contributed by atoms with E-state index in [1.807, 2.05) is 39.0 Å². The minimum Gasteiger partial charge on any atom is -0.388 e. The lowest BCUT2D eigenvalue weighted by Crippen LogP contribution is -2.07. The summed E-state index contributed by atoms with van der Waals surface area (Å²) in [6.45, 7) is 5.71. The van der Waals surface area contributed by atoms with Gasteiger partial charge < -0.3 is 5.11 Å². The van der Waals surface area contributed by atoms with Crippen LogP contribution >= 0.6 is 0 Å². The fourth-order valence-electron chi connectivity index (χ4n) is 2.61. The number of aliphatic hydroxyl groups excluding tert-OH is 1. The standard InChI is InChI=1S/C17H19FO/c1-11-5-4-6-14(7-11)10-16(19)17-12(2)8-15(18)9-13(17)3/h4-9,16,19H,10H2,1-3H3. The molecule has 2 rings (SSSR count). The molecular formula is C17H19FO. The van der Waals surface area contributed by atoms with Crippen LogP contribution in [0, 0.1) is 26.6 Å². The summed E-state index contributed by atoms with van der Waals surface area (Å²) in [5.74, 6) is -0.249. The monoisotopic (exact) mass is 258 g/mol. The Morgan fingerprint density at radius 2 is 1.68 bits per heavy atom. The third kappa shape index (κ3) is 3.21. The molecule has 19 heavy (non-hydrogen) atoms. The second kappa shape index (κ2) is 5.54. The Morgan fingerprint density at radius 1 is 1.05 bits per heavy atom. The summed E-state index contributed by atoms with van der Waals surface area (Å²) in [4.78, 5) is 0. The van der Waals surface area contributed by atoms with Crippen LogP contribution in [0.4, 0.5) is 4.39 Å². The van der Waals surface area contributed by atoms with Gasteiger partial charge in [0, 0.05) is 6.42 Å². The van der Waals surface area contributed by atoms with Gasteiger partial charge in [-0.2, -0.15) is 0 Å². The zero-order valence-electron chi connectivity index (χ0n) is 11.6. The predicted octanol–water partition coefficient (Wildman–Crippen LogP) is 4.03. The zero-order valence-corrected chi connectivity index (χ0v) is 11.6. The summed E-state index contributed by atoms with van der Waals surface area (Å²) in [6.07, 6.45) is -0.0444. The molecule has 0 fully saturated rings. The Morgan fingerprint density at radius 3 is 2.26 bits per heavy atom. The highest BCUT2D eigenvalue weighted by Gasteiger charge is 2.15. The Balaban J connectivity index is 2.28. The number of halogens is 1. The number of hydrogen-bond acceptors (Lipinski definition) is 1. The van der Waals surface area contributed by atoms with Crippen LogP contribution in [-0.2, 0) is 6.42 Å². The van der Waals surface area contributed by atoms with Gasteiger partial charge in [-0.15, -0.1) is 0 Å². The van der Waals surface area contributed by atoms with Crippen LogP contribution in [-0.4, -0.2) is 5.11 Å². The Labute approximate surface area is 113 Å².